The summed E-state index contributed by atoms with van der Waals surface area (Å²) in [6.07, 6.45) is 0.742. The minimum absolute atomic E-state index is 0.0620. The number of nitrogens with one attached hydrogen (secondary N) is 1. The number of benzene rings is 3. The topological polar surface area (TPSA) is 67.2 Å². The fraction of sp³-hybridized carbons (Fsp3) is 0.179. The van der Waals surface area contributed by atoms with Gasteiger partial charge in [0.15, 0.2) is 0 Å². The average Bonchev–Trinajstić information content (AvgIpc) is 3.28. The number of nitrogens with zero attached hydrogens (tertiary/aromatic N) is 3. The highest BCUT2D eigenvalue weighted by Crippen LogP contribution is 2.25. The quantitative estimate of drug-likeness (QED) is 0.332. The van der Waals surface area contributed by atoms with Gasteiger partial charge in [0.1, 0.15) is 12.4 Å². The van der Waals surface area contributed by atoms with Crippen LogP contribution in [-0.2, 0) is 4.79 Å². The third-order valence-corrected chi connectivity index (χ3v) is 5.86. The molecule has 2 amide bonds. The van der Waals surface area contributed by atoms with E-state index in [1.807, 2.05) is 80.6 Å². The first-order valence-electron chi connectivity index (χ1n) is 11.5. The fourth-order valence-electron chi connectivity index (χ4n) is 3.86. The second-order valence-corrected chi connectivity index (χ2v) is 8.70. The summed E-state index contributed by atoms with van der Waals surface area (Å²) in [5.41, 5.74) is 3.89. The standard InChI is InChI=1S/C28H27ClN4O2/c1-3-17-32(28(35)24-12-8-7-9-20(24)2)19-27(34)30-26-18-25(21-10-5-4-6-11-21)31-33(26)23-15-13-22(29)14-16-23/h4-16,18H,3,17,19H2,1-2H3,(H,30,34). The molecule has 0 bridgehead atoms. The monoisotopic (exact) mass is 486 g/mol. The van der Waals surface area contributed by atoms with Gasteiger partial charge in [-0.25, -0.2) is 4.68 Å². The van der Waals surface area contributed by atoms with E-state index in [0.717, 1.165) is 28.9 Å². The molecule has 1 heterocycles. The SMILES string of the molecule is CCCN(CC(=O)Nc1cc(-c2ccccc2)nn1-c1ccc(Cl)cc1)C(=O)c1ccccc1C. The van der Waals surface area contributed by atoms with Crippen LogP contribution in [0.1, 0.15) is 29.3 Å². The maximum Gasteiger partial charge on any atom is 0.254 e. The number of hydrogen-bond donors (Lipinski definition) is 1. The van der Waals surface area contributed by atoms with Crippen LogP contribution < -0.4 is 5.32 Å². The molecule has 7 heteroatoms. The van der Waals surface area contributed by atoms with Crippen molar-refractivity contribution in [3.8, 4) is 16.9 Å². The van der Waals surface area contributed by atoms with Crippen molar-refractivity contribution in [3.05, 3.63) is 101 Å². The molecule has 0 aliphatic rings. The van der Waals surface area contributed by atoms with Crippen molar-refractivity contribution in [1.29, 1.82) is 0 Å². The summed E-state index contributed by atoms with van der Waals surface area (Å²) in [6.45, 7) is 4.30. The molecule has 1 aromatic heterocycles. The lowest BCUT2D eigenvalue weighted by atomic mass is 10.1. The van der Waals surface area contributed by atoms with Crippen molar-refractivity contribution in [1.82, 2.24) is 14.7 Å². The van der Waals surface area contributed by atoms with E-state index in [1.165, 1.54) is 0 Å². The van der Waals surface area contributed by atoms with Crippen LogP contribution in [-0.4, -0.2) is 39.6 Å². The van der Waals surface area contributed by atoms with E-state index in [9.17, 15) is 9.59 Å². The van der Waals surface area contributed by atoms with Crippen LogP contribution in [0.3, 0.4) is 0 Å². The Labute approximate surface area is 210 Å². The molecule has 0 aliphatic carbocycles. The zero-order valence-corrected chi connectivity index (χ0v) is 20.5. The number of anilines is 1. The molecule has 178 valence electrons. The Balaban J connectivity index is 1.60. The van der Waals surface area contributed by atoms with Gasteiger partial charge >= 0.3 is 0 Å². The number of aryl methyl sites for hydroxylation is 1. The third kappa shape index (κ3) is 5.78. The number of carbonyl (C=O) groups excluding carboxylic acids is 2. The van der Waals surface area contributed by atoms with E-state index < -0.39 is 0 Å². The first-order chi connectivity index (χ1) is 17.0. The minimum Gasteiger partial charge on any atom is -0.329 e. The van der Waals surface area contributed by atoms with Crippen molar-refractivity contribution < 1.29 is 9.59 Å². The van der Waals surface area contributed by atoms with Gasteiger partial charge in [0.2, 0.25) is 5.91 Å². The van der Waals surface area contributed by atoms with Crippen LogP contribution in [0.4, 0.5) is 5.82 Å². The molecule has 35 heavy (non-hydrogen) atoms. The largest absolute Gasteiger partial charge is 0.329 e. The third-order valence-electron chi connectivity index (χ3n) is 5.61. The molecule has 0 aliphatic heterocycles. The molecule has 0 radical (unpaired) electrons. The van der Waals surface area contributed by atoms with Gasteiger partial charge in [-0.2, -0.15) is 5.10 Å². The summed E-state index contributed by atoms with van der Waals surface area (Å²) in [7, 11) is 0. The smallest absolute Gasteiger partial charge is 0.254 e. The molecule has 0 unspecified atom stereocenters. The fourth-order valence-corrected chi connectivity index (χ4v) is 3.99. The van der Waals surface area contributed by atoms with Crippen LogP contribution in [0.15, 0.2) is 84.9 Å². The van der Waals surface area contributed by atoms with Gasteiger partial charge in [0.05, 0.1) is 11.4 Å². The molecular weight excluding hydrogens is 460 g/mol. The molecule has 3 aromatic carbocycles. The van der Waals surface area contributed by atoms with Crippen LogP contribution >= 0.6 is 11.6 Å². The van der Waals surface area contributed by atoms with Crippen LogP contribution in [0, 0.1) is 6.92 Å². The van der Waals surface area contributed by atoms with E-state index in [2.05, 4.69) is 5.32 Å². The van der Waals surface area contributed by atoms with Gasteiger partial charge in [-0.1, -0.05) is 67.1 Å². The highest BCUT2D eigenvalue weighted by Gasteiger charge is 2.21. The first-order valence-corrected chi connectivity index (χ1v) is 11.9. The van der Waals surface area contributed by atoms with Crippen molar-refractivity contribution in [2.75, 3.05) is 18.4 Å². The average molecular weight is 487 g/mol. The molecule has 0 fully saturated rings. The lowest BCUT2D eigenvalue weighted by Gasteiger charge is -2.22. The van der Waals surface area contributed by atoms with Gasteiger partial charge in [-0.05, 0) is 49.2 Å². The molecule has 4 aromatic rings. The summed E-state index contributed by atoms with van der Waals surface area (Å²) < 4.78 is 1.67. The Hall–Kier alpha value is -3.90. The van der Waals surface area contributed by atoms with Gasteiger partial charge in [-0.3, -0.25) is 9.59 Å². The maximum absolute atomic E-state index is 13.2. The second-order valence-electron chi connectivity index (χ2n) is 8.26. The lowest BCUT2D eigenvalue weighted by molar-refractivity contribution is -0.116. The molecule has 0 saturated carbocycles. The van der Waals surface area contributed by atoms with Crippen LogP contribution in [0.5, 0.6) is 0 Å². The van der Waals surface area contributed by atoms with E-state index in [4.69, 9.17) is 16.7 Å². The number of halogens is 1. The Kier molecular flexibility index (Phi) is 7.63. The number of amides is 2. The van der Waals surface area contributed by atoms with E-state index in [1.54, 1.807) is 27.8 Å². The summed E-state index contributed by atoms with van der Waals surface area (Å²) >= 11 is 6.07. The second kappa shape index (κ2) is 11.0. The Morgan fingerprint density at radius 2 is 1.66 bits per heavy atom. The predicted molar refractivity (Wildman–Crippen MR) is 140 cm³/mol. The van der Waals surface area contributed by atoms with E-state index in [0.29, 0.717) is 22.9 Å². The molecule has 4 rings (SSSR count). The zero-order chi connectivity index (χ0) is 24.8. The molecule has 0 saturated heterocycles. The molecular formula is C28H27ClN4O2. The van der Waals surface area contributed by atoms with Crippen molar-refractivity contribution in [2.45, 2.75) is 20.3 Å². The van der Waals surface area contributed by atoms with Gasteiger partial charge in [-0.15, -0.1) is 0 Å². The van der Waals surface area contributed by atoms with Crippen LogP contribution in [0.25, 0.3) is 16.9 Å². The number of aromatic nitrogens is 2. The predicted octanol–water partition coefficient (Wildman–Crippen LogP) is 5.99. The van der Waals surface area contributed by atoms with Gasteiger partial charge in [0.25, 0.3) is 5.91 Å². The van der Waals surface area contributed by atoms with Gasteiger partial charge in [0, 0.05) is 28.8 Å². The molecule has 0 atom stereocenters. The summed E-state index contributed by atoms with van der Waals surface area (Å²) in [6, 6.07) is 26.2. The summed E-state index contributed by atoms with van der Waals surface area (Å²) in [4.78, 5) is 27.9. The summed E-state index contributed by atoms with van der Waals surface area (Å²) in [5, 5.41) is 8.29. The number of hydrogen-bond acceptors (Lipinski definition) is 3. The van der Waals surface area contributed by atoms with Gasteiger partial charge < -0.3 is 10.2 Å². The highest BCUT2D eigenvalue weighted by molar-refractivity contribution is 6.30. The van der Waals surface area contributed by atoms with E-state index in [-0.39, 0.29) is 18.4 Å². The number of rotatable bonds is 8. The van der Waals surface area contributed by atoms with Crippen molar-refractivity contribution in [3.63, 3.8) is 0 Å². The van der Waals surface area contributed by atoms with Crippen LogP contribution in [0.2, 0.25) is 5.02 Å². The number of carbonyl (C=O) groups is 2. The first kappa shape index (κ1) is 24.2. The molecule has 1 N–H and O–H groups in total. The maximum atomic E-state index is 13.2. The normalized spacial score (nSPS) is 10.7. The van der Waals surface area contributed by atoms with Crippen molar-refractivity contribution >= 4 is 29.2 Å². The molecule has 0 spiro atoms. The Bertz CT molecular complexity index is 1320. The zero-order valence-electron chi connectivity index (χ0n) is 19.7. The van der Waals surface area contributed by atoms with E-state index >= 15 is 0 Å². The van der Waals surface area contributed by atoms with Crippen molar-refractivity contribution in [2.24, 2.45) is 0 Å². The summed E-state index contributed by atoms with van der Waals surface area (Å²) in [5.74, 6) is 0.0577. The minimum atomic E-state index is -0.296. The highest BCUT2D eigenvalue weighted by atomic mass is 35.5. The Morgan fingerprint density at radius 3 is 2.34 bits per heavy atom. The Morgan fingerprint density at radius 1 is 0.971 bits per heavy atom. The lowest BCUT2D eigenvalue weighted by Crippen LogP contribution is -2.39. The molecule has 6 nitrogen and oxygen atoms in total.